The third kappa shape index (κ3) is 3.28. The number of ether oxygens (including phenoxy) is 1. The van der Waals surface area contributed by atoms with Crippen LogP contribution in [0.3, 0.4) is 0 Å². The minimum Gasteiger partial charge on any atom is -0.474 e. The molecule has 0 saturated heterocycles. The number of hydrogen-bond donors (Lipinski definition) is 1. The number of hydrogen-bond acceptors (Lipinski definition) is 6. The minimum atomic E-state index is -1.09. The van der Waals surface area contributed by atoms with Gasteiger partial charge in [-0.3, -0.25) is 9.59 Å². The molecule has 0 unspecified atom stereocenters. The molecule has 0 atom stereocenters. The van der Waals surface area contributed by atoms with Crippen molar-refractivity contribution in [2.24, 2.45) is 0 Å². The third-order valence-electron chi connectivity index (χ3n) is 4.42. The first-order valence-electron chi connectivity index (χ1n) is 8.61. The highest BCUT2D eigenvalue weighted by atomic mass is 32.1. The molecule has 152 valence electrons. The predicted octanol–water partition coefficient (Wildman–Crippen LogP) is 2.37. The van der Waals surface area contributed by atoms with Crippen molar-refractivity contribution in [2.75, 3.05) is 12.0 Å². The number of rotatable bonds is 4. The first-order chi connectivity index (χ1) is 14.4. The average molecular weight is 429 g/mol. The summed E-state index contributed by atoms with van der Waals surface area (Å²) >= 11 is 4.85. The number of fused-ring (bicyclic) bond motifs is 1. The van der Waals surface area contributed by atoms with Gasteiger partial charge in [-0.1, -0.05) is 17.3 Å². The molecule has 8 nitrogen and oxygen atoms in total. The Hall–Kier alpha value is -3.73. The normalized spacial score (nSPS) is 12.8. The van der Waals surface area contributed by atoms with E-state index in [9.17, 15) is 18.4 Å². The maximum Gasteiger partial charge on any atom is 0.266 e. The maximum absolute atomic E-state index is 14.8. The summed E-state index contributed by atoms with van der Waals surface area (Å²) in [7, 11) is 1.41. The Morgan fingerprint density at radius 1 is 1.13 bits per heavy atom. The van der Waals surface area contributed by atoms with Gasteiger partial charge in [0.05, 0.1) is 36.7 Å². The molecule has 30 heavy (non-hydrogen) atoms. The number of nitrogens with zero attached hydrogens (tertiary/aromatic N) is 4. The Morgan fingerprint density at radius 3 is 2.30 bits per heavy atom. The summed E-state index contributed by atoms with van der Waals surface area (Å²) in [6, 6.07) is 7.93. The fourth-order valence-corrected chi connectivity index (χ4v) is 3.10. The second-order valence-corrected chi connectivity index (χ2v) is 6.62. The molecule has 0 spiro atoms. The average Bonchev–Trinajstić information content (AvgIpc) is 3.31. The van der Waals surface area contributed by atoms with E-state index in [2.05, 4.69) is 15.6 Å². The molecule has 3 aromatic rings. The van der Waals surface area contributed by atoms with Gasteiger partial charge < -0.3 is 10.1 Å². The summed E-state index contributed by atoms with van der Waals surface area (Å²) in [5.74, 6) is -3.75. The summed E-state index contributed by atoms with van der Waals surface area (Å²) in [6.07, 6.45) is 1.45. The van der Waals surface area contributed by atoms with E-state index in [0.717, 1.165) is 16.8 Å². The topological polar surface area (TPSA) is 89.4 Å². The lowest BCUT2D eigenvalue weighted by atomic mass is 10.1. The van der Waals surface area contributed by atoms with Crippen molar-refractivity contribution in [3.8, 4) is 5.69 Å². The molecule has 0 fully saturated rings. The second-order valence-electron chi connectivity index (χ2n) is 6.25. The molecular formula is C19H13F2N5O3S. The lowest BCUT2D eigenvalue weighted by Gasteiger charge is -2.16. The van der Waals surface area contributed by atoms with Crippen LogP contribution in [0.4, 0.5) is 14.5 Å². The quantitative estimate of drug-likeness (QED) is 0.503. The molecule has 11 heteroatoms. The lowest BCUT2D eigenvalue weighted by Crippen LogP contribution is -2.31. The molecule has 0 aliphatic carbocycles. The zero-order valence-corrected chi connectivity index (χ0v) is 16.2. The summed E-state index contributed by atoms with van der Waals surface area (Å²) in [6.45, 7) is 0.199. The number of imide groups is 1. The predicted molar refractivity (Wildman–Crippen MR) is 105 cm³/mol. The van der Waals surface area contributed by atoms with Gasteiger partial charge in [-0.15, -0.1) is 5.10 Å². The van der Waals surface area contributed by atoms with Crippen molar-refractivity contribution in [1.29, 1.82) is 0 Å². The molecule has 0 radical (unpaired) electrons. The number of amides is 2. The molecule has 2 amide bonds. The van der Waals surface area contributed by atoms with E-state index in [4.69, 9.17) is 17.0 Å². The van der Waals surface area contributed by atoms with Gasteiger partial charge >= 0.3 is 0 Å². The number of anilines is 1. The van der Waals surface area contributed by atoms with Crippen molar-refractivity contribution in [3.05, 3.63) is 71.1 Å². The van der Waals surface area contributed by atoms with Crippen LogP contribution in [0.5, 0.6) is 0 Å². The van der Waals surface area contributed by atoms with Crippen LogP contribution in [0.2, 0.25) is 0 Å². The molecule has 0 saturated carbocycles. The molecule has 2 heterocycles. The molecular weight excluding hydrogens is 416 g/mol. The Kier molecular flexibility index (Phi) is 4.96. The first kappa shape index (κ1) is 19.6. The first-order valence-corrected chi connectivity index (χ1v) is 9.02. The Labute approximate surface area is 174 Å². The Morgan fingerprint density at radius 2 is 1.73 bits per heavy atom. The number of methoxy groups -OCH3 is 1. The summed E-state index contributed by atoms with van der Waals surface area (Å²) in [5, 5.41) is 10.6. The number of thiocarbonyl (C=S) groups is 1. The molecule has 4 rings (SSSR count). The number of carbonyl (C=O) groups excluding carboxylic acids is 2. The largest absolute Gasteiger partial charge is 0.474 e. The van der Waals surface area contributed by atoms with Crippen LogP contribution in [0.1, 0.15) is 26.4 Å². The van der Waals surface area contributed by atoms with E-state index in [1.807, 2.05) is 0 Å². The van der Waals surface area contributed by atoms with E-state index in [-0.39, 0.29) is 28.5 Å². The van der Waals surface area contributed by atoms with Gasteiger partial charge in [-0.25, -0.2) is 18.4 Å². The molecule has 2 aromatic carbocycles. The molecule has 1 aromatic heterocycles. The van der Waals surface area contributed by atoms with E-state index < -0.39 is 29.1 Å². The van der Waals surface area contributed by atoms with Crippen LogP contribution < -0.4 is 10.2 Å². The third-order valence-corrected chi connectivity index (χ3v) is 4.73. The van der Waals surface area contributed by atoms with E-state index in [1.165, 1.54) is 25.4 Å². The number of nitrogens with one attached hydrogen (secondary N) is 1. The van der Waals surface area contributed by atoms with E-state index in [0.29, 0.717) is 10.6 Å². The van der Waals surface area contributed by atoms with Crippen molar-refractivity contribution in [2.45, 2.75) is 6.54 Å². The van der Waals surface area contributed by atoms with Gasteiger partial charge in [-0.2, -0.15) is 0 Å². The standard InChI is InChI=1S/C19H13F2N5O3S/c1-29-19(30)22-8-10-9-25(24-23-10)11-6-14(20)16(15(21)7-11)26-17(27)12-4-2-3-5-13(12)18(26)28/h2-7,9H,8H2,1H3,(H,22,30). The fraction of sp³-hybridized carbons (Fsp3) is 0.105. The van der Waals surface area contributed by atoms with Crippen LogP contribution in [0.15, 0.2) is 42.6 Å². The summed E-state index contributed by atoms with van der Waals surface area (Å²) < 4.78 is 35.6. The fourth-order valence-electron chi connectivity index (χ4n) is 3.03. The van der Waals surface area contributed by atoms with Crippen LogP contribution in [-0.4, -0.2) is 39.1 Å². The van der Waals surface area contributed by atoms with Crippen molar-refractivity contribution in [3.63, 3.8) is 0 Å². The number of carbonyl (C=O) groups is 2. The molecule has 1 aliphatic rings. The van der Waals surface area contributed by atoms with Gasteiger partial charge in [0.2, 0.25) is 0 Å². The maximum atomic E-state index is 14.8. The smallest absolute Gasteiger partial charge is 0.266 e. The lowest BCUT2D eigenvalue weighted by molar-refractivity contribution is 0.0923. The van der Waals surface area contributed by atoms with Gasteiger partial charge in [0.25, 0.3) is 17.0 Å². The van der Waals surface area contributed by atoms with Crippen molar-refractivity contribution < 1.29 is 23.1 Å². The Bertz CT molecular complexity index is 1140. The number of halogens is 2. The summed E-state index contributed by atoms with van der Waals surface area (Å²) in [5.41, 5.74) is -0.0870. The monoisotopic (exact) mass is 429 g/mol. The van der Waals surface area contributed by atoms with Crippen LogP contribution in [0.25, 0.3) is 5.69 Å². The zero-order valence-electron chi connectivity index (χ0n) is 15.4. The number of aromatic nitrogens is 3. The SMILES string of the molecule is COC(=S)NCc1cn(-c2cc(F)c(N3C(=O)c4ccccc4C3=O)c(F)c2)nn1. The highest BCUT2D eigenvalue weighted by Gasteiger charge is 2.39. The zero-order chi connectivity index (χ0) is 21.4. The van der Waals surface area contributed by atoms with Crippen LogP contribution >= 0.6 is 12.2 Å². The molecule has 1 N–H and O–H groups in total. The Balaban J connectivity index is 1.64. The number of benzene rings is 2. The van der Waals surface area contributed by atoms with Gasteiger partial charge in [-0.05, 0) is 24.4 Å². The summed E-state index contributed by atoms with van der Waals surface area (Å²) in [4.78, 5) is 25.6. The van der Waals surface area contributed by atoms with Gasteiger partial charge in [0.1, 0.15) is 11.4 Å². The molecule has 1 aliphatic heterocycles. The van der Waals surface area contributed by atoms with E-state index in [1.54, 1.807) is 12.1 Å². The van der Waals surface area contributed by atoms with Crippen LogP contribution in [-0.2, 0) is 11.3 Å². The van der Waals surface area contributed by atoms with Crippen molar-refractivity contribution >= 4 is 34.9 Å². The van der Waals surface area contributed by atoms with Gasteiger partial charge in [0, 0.05) is 12.1 Å². The van der Waals surface area contributed by atoms with E-state index >= 15 is 0 Å². The van der Waals surface area contributed by atoms with Gasteiger partial charge in [0.15, 0.2) is 11.6 Å². The minimum absolute atomic E-state index is 0.0263. The highest BCUT2D eigenvalue weighted by Crippen LogP contribution is 2.33. The highest BCUT2D eigenvalue weighted by molar-refractivity contribution is 7.80. The second kappa shape index (κ2) is 7.59. The van der Waals surface area contributed by atoms with Crippen LogP contribution in [0, 0.1) is 11.6 Å². The van der Waals surface area contributed by atoms with Crippen molar-refractivity contribution in [1.82, 2.24) is 20.3 Å². The molecule has 0 bridgehead atoms.